The number of rotatable bonds is 6. The SMILES string of the molecule is C=CCS(=O)(=O)N(C)CCC(=O)OC. The number of methoxy groups -OCH3 is 1. The second kappa shape index (κ2) is 5.77. The molecule has 0 saturated heterocycles. The van der Waals surface area contributed by atoms with Gasteiger partial charge in [-0.2, -0.15) is 0 Å². The van der Waals surface area contributed by atoms with Gasteiger partial charge in [0.1, 0.15) is 0 Å². The predicted octanol–water partition coefficient (Wildman–Crippen LogP) is -0.00290. The molecule has 0 radical (unpaired) electrons. The zero-order valence-electron chi connectivity index (χ0n) is 8.39. The first-order chi connectivity index (χ1) is 6.44. The molecule has 82 valence electrons. The van der Waals surface area contributed by atoms with Crippen LogP contribution in [-0.2, 0) is 19.6 Å². The van der Waals surface area contributed by atoms with E-state index in [2.05, 4.69) is 11.3 Å². The Morgan fingerprint density at radius 2 is 2.14 bits per heavy atom. The predicted molar refractivity (Wildman–Crippen MR) is 53.2 cm³/mol. The van der Waals surface area contributed by atoms with Crippen LogP contribution in [0.25, 0.3) is 0 Å². The van der Waals surface area contributed by atoms with Crippen LogP contribution in [0.2, 0.25) is 0 Å². The topological polar surface area (TPSA) is 63.7 Å². The minimum atomic E-state index is -3.31. The van der Waals surface area contributed by atoms with Gasteiger partial charge < -0.3 is 4.74 Å². The molecule has 14 heavy (non-hydrogen) atoms. The molecule has 0 aromatic rings. The highest BCUT2D eigenvalue weighted by molar-refractivity contribution is 7.89. The lowest BCUT2D eigenvalue weighted by Gasteiger charge is -2.14. The highest BCUT2D eigenvalue weighted by Gasteiger charge is 2.16. The maximum Gasteiger partial charge on any atom is 0.306 e. The molecule has 0 aliphatic rings. The van der Waals surface area contributed by atoms with Crippen LogP contribution in [0.4, 0.5) is 0 Å². The van der Waals surface area contributed by atoms with E-state index in [1.165, 1.54) is 20.2 Å². The smallest absolute Gasteiger partial charge is 0.306 e. The summed E-state index contributed by atoms with van der Waals surface area (Å²) < 4.78 is 28.2. The fourth-order valence-corrected chi connectivity index (χ4v) is 1.69. The van der Waals surface area contributed by atoms with Crippen molar-refractivity contribution in [3.05, 3.63) is 12.7 Å². The van der Waals surface area contributed by atoms with Crippen molar-refractivity contribution in [1.82, 2.24) is 4.31 Å². The minimum Gasteiger partial charge on any atom is -0.469 e. The quantitative estimate of drug-likeness (QED) is 0.468. The van der Waals surface area contributed by atoms with Crippen molar-refractivity contribution in [2.24, 2.45) is 0 Å². The zero-order valence-corrected chi connectivity index (χ0v) is 9.21. The number of hydrogen-bond acceptors (Lipinski definition) is 4. The van der Waals surface area contributed by atoms with E-state index in [1.54, 1.807) is 0 Å². The number of esters is 1. The van der Waals surface area contributed by atoms with E-state index in [9.17, 15) is 13.2 Å². The summed E-state index contributed by atoms with van der Waals surface area (Å²) in [5, 5.41) is 0. The number of nitrogens with zero attached hydrogens (tertiary/aromatic N) is 1. The standard InChI is InChI=1S/C8H15NO4S/c1-4-7-14(11,12)9(2)6-5-8(10)13-3/h4H,1,5-7H2,2-3H3. The van der Waals surface area contributed by atoms with Crippen LogP contribution in [0.15, 0.2) is 12.7 Å². The number of ether oxygens (including phenoxy) is 1. The maximum atomic E-state index is 11.3. The van der Waals surface area contributed by atoms with E-state index in [0.717, 1.165) is 4.31 Å². The molecule has 0 aromatic heterocycles. The molecule has 0 spiro atoms. The third kappa shape index (κ3) is 4.38. The molecule has 0 aliphatic heterocycles. The van der Waals surface area contributed by atoms with Gasteiger partial charge >= 0.3 is 5.97 Å². The van der Waals surface area contributed by atoms with Crippen LogP contribution >= 0.6 is 0 Å². The highest BCUT2D eigenvalue weighted by atomic mass is 32.2. The van der Waals surface area contributed by atoms with Gasteiger partial charge in [-0.25, -0.2) is 12.7 Å². The molecule has 0 saturated carbocycles. The third-order valence-electron chi connectivity index (χ3n) is 1.66. The zero-order chi connectivity index (χ0) is 11.2. The largest absolute Gasteiger partial charge is 0.469 e. The summed E-state index contributed by atoms with van der Waals surface area (Å²) >= 11 is 0. The summed E-state index contributed by atoms with van der Waals surface area (Å²) in [5.74, 6) is -0.546. The van der Waals surface area contributed by atoms with Crippen LogP contribution in [0.1, 0.15) is 6.42 Å². The van der Waals surface area contributed by atoms with Gasteiger partial charge in [0.25, 0.3) is 0 Å². The normalized spacial score (nSPS) is 11.4. The Hall–Kier alpha value is -0.880. The first kappa shape index (κ1) is 13.1. The third-order valence-corrected chi connectivity index (χ3v) is 3.45. The van der Waals surface area contributed by atoms with Crippen molar-refractivity contribution in [3.63, 3.8) is 0 Å². The lowest BCUT2D eigenvalue weighted by molar-refractivity contribution is -0.140. The number of carbonyl (C=O) groups excluding carboxylic acids is 1. The molecule has 0 aliphatic carbocycles. The van der Waals surface area contributed by atoms with Gasteiger partial charge in [-0.05, 0) is 0 Å². The maximum absolute atomic E-state index is 11.3. The van der Waals surface area contributed by atoms with Gasteiger partial charge in [0.05, 0.1) is 19.3 Å². The molecule has 0 rings (SSSR count). The molecule has 0 heterocycles. The Labute approximate surface area is 84.4 Å². The van der Waals surface area contributed by atoms with E-state index in [1.807, 2.05) is 0 Å². The van der Waals surface area contributed by atoms with Gasteiger partial charge in [-0.1, -0.05) is 6.08 Å². The summed E-state index contributed by atoms with van der Waals surface area (Å²) in [7, 11) is -0.624. The van der Waals surface area contributed by atoms with Crippen LogP contribution in [0, 0.1) is 0 Å². The monoisotopic (exact) mass is 221 g/mol. The van der Waals surface area contributed by atoms with Gasteiger partial charge in [0.2, 0.25) is 10.0 Å². The summed E-state index contributed by atoms with van der Waals surface area (Å²) in [6.07, 6.45) is 1.37. The van der Waals surface area contributed by atoms with E-state index in [-0.39, 0.29) is 18.7 Å². The molecule has 6 heteroatoms. The average Bonchev–Trinajstić information content (AvgIpc) is 2.13. The van der Waals surface area contributed by atoms with Crippen LogP contribution < -0.4 is 0 Å². The van der Waals surface area contributed by atoms with E-state index in [4.69, 9.17) is 0 Å². The fraction of sp³-hybridized carbons (Fsp3) is 0.625. The van der Waals surface area contributed by atoms with Crippen LogP contribution in [0.5, 0.6) is 0 Å². The summed E-state index contributed by atoms with van der Waals surface area (Å²) in [4.78, 5) is 10.7. The molecular formula is C8H15NO4S. The number of hydrogen-bond donors (Lipinski definition) is 0. The number of sulfonamides is 1. The van der Waals surface area contributed by atoms with Crippen molar-refractivity contribution in [3.8, 4) is 0 Å². The van der Waals surface area contributed by atoms with E-state index in [0.29, 0.717) is 0 Å². The molecule has 0 N–H and O–H groups in total. The average molecular weight is 221 g/mol. The van der Waals surface area contributed by atoms with Crippen LogP contribution in [0.3, 0.4) is 0 Å². The van der Waals surface area contributed by atoms with E-state index < -0.39 is 16.0 Å². The molecule has 0 unspecified atom stereocenters. The summed E-state index contributed by atoms with van der Waals surface area (Å²) in [6, 6.07) is 0. The Morgan fingerprint density at radius 3 is 2.57 bits per heavy atom. The second-order valence-corrected chi connectivity index (χ2v) is 4.84. The molecule has 0 fully saturated rings. The van der Waals surface area contributed by atoms with Crippen LogP contribution in [-0.4, -0.2) is 45.1 Å². The van der Waals surface area contributed by atoms with Gasteiger partial charge in [0, 0.05) is 13.6 Å². The van der Waals surface area contributed by atoms with Crippen molar-refractivity contribution < 1.29 is 17.9 Å². The molecular weight excluding hydrogens is 206 g/mol. The first-order valence-electron chi connectivity index (χ1n) is 4.05. The Balaban J connectivity index is 4.14. The molecule has 0 bridgehead atoms. The molecule has 0 aromatic carbocycles. The molecule has 0 amide bonds. The summed E-state index contributed by atoms with van der Waals surface area (Å²) in [5.41, 5.74) is 0. The van der Waals surface area contributed by atoms with Crippen molar-refractivity contribution in [2.45, 2.75) is 6.42 Å². The van der Waals surface area contributed by atoms with E-state index >= 15 is 0 Å². The van der Waals surface area contributed by atoms with Crippen molar-refractivity contribution in [1.29, 1.82) is 0 Å². The molecule has 5 nitrogen and oxygen atoms in total. The second-order valence-electron chi connectivity index (χ2n) is 2.71. The Bertz CT molecular complexity index is 296. The van der Waals surface area contributed by atoms with Gasteiger partial charge in [-0.3, -0.25) is 4.79 Å². The van der Waals surface area contributed by atoms with Crippen molar-refractivity contribution in [2.75, 3.05) is 26.5 Å². The minimum absolute atomic E-state index is 0.0589. The number of carbonyl (C=O) groups is 1. The lowest BCUT2D eigenvalue weighted by Crippen LogP contribution is -2.30. The van der Waals surface area contributed by atoms with Crippen molar-refractivity contribution >= 4 is 16.0 Å². The Kier molecular flexibility index (Phi) is 5.40. The van der Waals surface area contributed by atoms with Gasteiger partial charge in [0.15, 0.2) is 0 Å². The first-order valence-corrected chi connectivity index (χ1v) is 5.66. The lowest BCUT2D eigenvalue weighted by atomic mass is 10.4. The summed E-state index contributed by atoms with van der Waals surface area (Å²) in [6.45, 7) is 3.47. The van der Waals surface area contributed by atoms with Gasteiger partial charge in [-0.15, -0.1) is 6.58 Å². The fourth-order valence-electron chi connectivity index (χ4n) is 0.766. The Morgan fingerprint density at radius 1 is 1.57 bits per heavy atom. The molecule has 0 atom stereocenters. The highest BCUT2D eigenvalue weighted by Crippen LogP contribution is 2.00.